The number of nitrogens with zero attached hydrogens (tertiary/aromatic N) is 4. The Morgan fingerprint density at radius 1 is 1.23 bits per heavy atom. The molecule has 0 radical (unpaired) electrons. The lowest BCUT2D eigenvalue weighted by Crippen LogP contribution is -2.36. The van der Waals surface area contributed by atoms with Crippen molar-refractivity contribution in [3.05, 3.63) is 29.6 Å². The molecule has 2 N–H and O–H groups in total. The Kier molecular flexibility index (Phi) is 7.07. The highest BCUT2D eigenvalue weighted by Gasteiger charge is 2.37. The minimum Gasteiger partial charge on any atom is -0.356 e. The summed E-state index contributed by atoms with van der Waals surface area (Å²) < 4.78 is 43.9. The van der Waals surface area contributed by atoms with Gasteiger partial charge in [0.05, 0.1) is 11.9 Å². The van der Waals surface area contributed by atoms with Gasteiger partial charge in [0.25, 0.3) is 0 Å². The molecule has 1 unspecified atom stereocenters. The summed E-state index contributed by atoms with van der Waals surface area (Å²) in [4.78, 5) is 14.3. The fourth-order valence-corrected chi connectivity index (χ4v) is 3.97. The van der Waals surface area contributed by atoms with Gasteiger partial charge in [-0.2, -0.15) is 18.2 Å². The van der Waals surface area contributed by atoms with E-state index in [4.69, 9.17) is 0 Å². The van der Waals surface area contributed by atoms with Crippen molar-refractivity contribution in [2.45, 2.75) is 57.8 Å². The highest BCUT2D eigenvalue weighted by Crippen LogP contribution is 2.37. The lowest BCUT2D eigenvalue weighted by atomic mass is 10.00. The van der Waals surface area contributed by atoms with Gasteiger partial charge in [0.2, 0.25) is 5.95 Å². The maximum atomic E-state index is 13.6. The van der Waals surface area contributed by atoms with E-state index in [0.29, 0.717) is 30.7 Å². The summed E-state index contributed by atoms with van der Waals surface area (Å²) in [6.07, 6.45) is -0.145. The normalized spacial score (nSPS) is 17.5. The third-order valence-electron chi connectivity index (χ3n) is 4.76. The molecular formula is C20H27F3N6S. The summed E-state index contributed by atoms with van der Waals surface area (Å²) in [7, 11) is 0. The van der Waals surface area contributed by atoms with E-state index in [0.717, 1.165) is 29.6 Å². The zero-order valence-corrected chi connectivity index (χ0v) is 18.4. The van der Waals surface area contributed by atoms with Crippen LogP contribution in [0.1, 0.15) is 44.7 Å². The molecule has 3 heterocycles. The molecule has 30 heavy (non-hydrogen) atoms. The molecule has 0 aromatic carbocycles. The van der Waals surface area contributed by atoms with Gasteiger partial charge in [-0.25, -0.2) is 9.97 Å². The lowest BCUT2D eigenvalue weighted by Gasteiger charge is -2.33. The Balaban J connectivity index is 1.85. The summed E-state index contributed by atoms with van der Waals surface area (Å²) in [6.45, 7) is 9.13. The Hall–Kier alpha value is -2.07. The van der Waals surface area contributed by atoms with E-state index in [1.54, 1.807) is 11.1 Å². The van der Waals surface area contributed by atoms with Gasteiger partial charge < -0.3 is 10.2 Å². The summed E-state index contributed by atoms with van der Waals surface area (Å²) in [5.41, 5.74) is 0.750. The summed E-state index contributed by atoms with van der Waals surface area (Å²) in [6, 6.07) is 2.21. The molecule has 10 heteroatoms. The minimum atomic E-state index is -4.51. The quantitative estimate of drug-likeness (QED) is 0.600. The number of halogens is 3. The number of piperidine rings is 1. The predicted molar refractivity (Wildman–Crippen MR) is 114 cm³/mol. The smallest absolute Gasteiger partial charge is 0.356 e. The molecule has 0 saturated carbocycles. The Morgan fingerprint density at radius 3 is 2.63 bits per heavy atom. The van der Waals surface area contributed by atoms with Gasteiger partial charge in [-0.05, 0) is 63.1 Å². The first-order valence-corrected chi connectivity index (χ1v) is 10.8. The number of pyridine rings is 1. The summed E-state index contributed by atoms with van der Waals surface area (Å²) in [5.74, 6) is 0.384. The van der Waals surface area contributed by atoms with E-state index < -0.39 is 11.7 Å². The fourth-order valence-electron chi connectivity index (χ4n) is 3.27. The van der Waals surface area contributed by atoms with Crippen LogP contribution in [-0.2, 0) is 6.18 Å². The standard InChI is InChI=1S/C20H27F3N6S/c1-12(2)28-30-17-8-14(4)16(10-24-17)26-19-25-9-15(20(21,22)23)18(27-19)29-7-5-6-13(3)11-29/h8-10,12-13,28H,5-7,11H2,1-4H3,(H,25,26,27). The highest BCUT2D eigenvalue weighted by atomic mass is 32.2. The molecule has 1 saturated heterocycles. The number of alkyl halides is 3. The SMILES string of the molecule is Cc1cc(SNC(C)C)ncc1Nc1ncc(C(F)(F)F)c(N2CCCC(C)C2)n1. The molecule has 3 rings (SSSR count). The number of nitrogens with one attached hydrogen (secondary N) is 2. The number of rotatable bonds is 6. The Bertz CT molecular complexity index is 874. The minimum absolute atomic E-state index is 0.0644. The van der Waals surface area contributed by atoms with Crippen LogP contribution in [0.25, 0.3) is 0 Å². The Labute approximate surface area is 179 Å². The number of aromatic nitrogens is 3. The second-order valence-electron chi connectivity index (χ2n) is 7.96. The van der Waals surface area contributed by atoms with Crippen molar-refractivity contribution in [1.29, 1.82) is 0 Å². The second-order valence-corrected chi connectivity index (χ2v) is 8.82. The van der Waals surface area contributed by atoms with Crippen LogP contribution in [0.2, 0.25) is 0 Å². The van der Waals surface area contributed by atoms with Crippen LogP contribution in [0, 0.1) is 12.8 Å². The van der Waals surface area contributed by atoms with Gasteiger partial charge in [-0.15, -0.1) is 0 Å². The van der Waals surface area contributed by atoms with Gasteiger partial charge in [0.1, 0.15) is 16.4 Å². The van der Waals surface area contributed by atoms with Crippen LogP contribution in [0.15, 0.2) is 23.5 Å². The molecule has 2 aromatic rings. The maximum Gasteiger partial charge on any atom is 0.421 e. The van der Waals surface area contributed by atoms with E-state index in [-0.39, 0.29) is 11.8 Å². The van der Waals surface area contributed by atoms with E-state index in [1.165, 1.54) is 11.9 Å². The van der Waals surface area contributed by atoms with E-state index in [2.05, 4.69) is 25.0 Å². The first kappa shape index (κ1) is 22.6. The van der Waals surface area contributed by atoms with Crippen molar-refractivity contribution >= 4 is 29.4 Å². The maximum absolute atomic E-state index is 13.6. The van der Waals surface area contributed by atoms with Crippen LogP contribution < -0.4 is 14.9 Å². The largest absolute Gasteiger partial charge is 0.421 e. The number of hydrogen-bond donors (Lipinski definition) is 2. The number of anilines is 3. The highest BCUT2D eigenvalue weighted by molar-refractivity contribution is 7.97. The molecule has 0 bridgehead atoms. The van der Waals surface area contributed by atoms with Crippen molar-refractivity contribution in [2.24, 2.45) is 5.92 Å². The van der Waals surface area contributed by atoms with Crippen molar-refractivity contribution in [1.82, 2.24) is 19.7 Å². The van der Waals surface area contributed by atoms with Crippen LogP contribution in [-0.4, -0.2) is 34.1 Å². The molecule has 1 aliphatic rings. The first-order valence-electron chi connectivity index (χ1n) is 9.98. The molecule has 0 spiro atoms. The van der Waals surface area contributed by atoms with E-state index in [9.17, 15) is 13.2 Å². The average molecular weight is 441 g/mol. The number of aryl methyl sites for hydroxylation is 1. The van der Waals surface area contributed by atoms with Crippen LogP contribution in [0.3, 0.4) is 0 Å². The van der Waals surface area contributed by atoms with Gasteiger partial charge in [-0.1, -0.05) is 6.92 Å². The topological polar surface area (TPSA) is 66.0 Å². The van der Waals surface area contributed by atoms with Gasteiger partial charge in [-0.3, -0.25) is 4.72 Å². The van der Waals surface area contributed by atoms with Crippen molar-refractivity contribution in [3.63, 3.8) is 0 Å². The van der Waals surface area contributed by atoms with Gasteiger partial charge in [0.15, 0.2) is 0 Å². The zero-order chi connectivity index (χ0) is 21.9. The molecule has 1 fully saturated rings. The zero-order valence-electron chi connectivity index (χ0n) is 17.5. The predicted octanol–water partition coefficient (Wildman–Crippen LogP) is 5.18. The molecule has 1 aliphatic heterocycles. The third-order valence-corrected chi connectivity index (χ3v) is 5.78. The second kappa shape index (κ2) is 9.38. The van der Waals surface area contributed by atoms with Crippen LogP contribution >= 0.6 is 11.9 Å². The van der Waals surface area contributed by atoms with Crippen molar-refractivity contribution in [2.75, 3.05) is 23.3 Å². The first-order chi connectivity index (χ1) is 14.1. The van der Waals surface area contributed by atoms with Crippen LogP contribution in [0.4, 0.5) is 30.6 Å². The van der Waals surface area contributed by atoms with Crippen molar-refractivity contribution in [3.8, 4) is 0 Å². The van der Waals surface area contributed by atoms with E-state index >= 15 is 0 Å². The third kappa shape index (κ3) is 5.75. The fraction of sp³-hybridized carbons (Fsp3) is 0.550. The van der Waals surface area contributed by atoms with Crippen LogP contribution in [0.5, 0.6) is 0 Å². The molecular weight excluding hydrogens is 413 g/mol. The summed E-state index contributed by atoms with van der Waals surface area (Å²) >= 11 is 1.43. The Morgan fingerprint density at radius 2 is 2.00 bits per heavy atom. The molecule has 0 aliphatic carbocycles. The monoisotopic (exact) mass is 440 g/mol. The molecule has 6 nitrogen and oxygen atoms in total. The number of hydrogen-bond acceptors (Lipinski definition) is 7. The van der Waals surface area contributed by atoms with E-state index in [1.807, 2.05) is 33.8 Å². The van der Waals surface area contributed by atoms with Crippen molar-refractivity contribution < 1.29 is 13.2 Å². The van der Waals surface area contributed by atoms with Gasteiger partial charge in [0, 0.05) is 25.3 Å². The molecule has 0 amide bonds. The average Bonchev–Trinajstić information content (AvgIpc) is 2.67. The summed E-state index contributed by atoms with van der Waals surface area (Å²) in [5, 5.41) is 3.83. The molecule has 1 atom stereocenters. The lowest BCUT2D eigenvalue weighted by molar-refractivity contribution is -0.137. The molecule has 2 aromatic heterocycles. The molecule has 164 valence electrons. The van der Waals surface area contributed by atoms with Gasteiger partial charge >= 0.3 is 6.18 Å².